The predicted octanol–water partition coefficient (Wildman–Crippen LogP) is 1.24. The zero-order valence-corrected chi connectivity index (χ0v) is 15.2. The Morgan fingerprint density at radius 2 is 1.96 bits per heavy atom. The Kier molecular flexibility index (Phi) is 8.46. The Labute approximate surface area is 144 Å². The summed E-state index contributed by atoms with van der Waals surface area (Å²) in [7, 11) is 5.06. The van der Waals surface area contributed by atoms with Crippen LogP contribution in [-0.4, -0.2) is 57.7 Å². The third-order valence-electron chi connectivity index (χ3n) is 3.20. The van der Waals surface area contributed by atoms with E-state index < -0.39 is 0 Å². The number of aliphatic imine (C=N–C) groups is 1. The highest BCUT2D eigenvalue weighted by Crippen LogP contribution is 2.28. The molecule has 0 saturated heterocycles. The molecular weight excluding hydrogens is 308 g/mol. The second-order valence-corrected chi connectivity index (χ2v) is 5.26. The maximum atomic E-state index is 11.7. The molecule has 0 aromatic heterocycles. The summed E-state index contributed by atoms with van der Waals surface area (Å²) in [6, 6.07) is 5.73. The van der Waals surface area contributed by atoms with Crippen LogP contribution in [0.5, 0.6) is 11.5 Å². The summed E-state index contributed by atoms with van der Waals surface area (Å²) in [4.78, 5) is 17.7. The lowest BCUT2D eigenvalue weighted by atomic mass is 10.2. The lowest BCUT2D eigenvalue weighted by Crippen LogP contribution is -2.42. The topological polar surface area (TPSA) is 75.2 Å². The van der Waals surface area contributed by atoms with Crippen molar-refractivity contribution in [2.45, 2.75) is 20.4 Å². The highest BCUT2D eigenvalue weighted by molar-refractivity contribution is 5.86. The molecule has 0 radical (unpaired) electrons. The van der Waals surface area contributed by atoms with Crippen LogP contribution in [0.4, 0.5) is 0 Å². The first-order chi connectivity index (χ1) is 11.5. The Morgan fingerprint density at radius 3 is 2.54 bits per heavy atom. The molecule has 0 heterocycles. The van der Waals surface area contributed by atoms with Gasteiger partial charge in [0.1, 0.15) is 0 Å². The molecule has 134 valence electrons. The van der Waals surface area contributed by atoms with Crippen LogP contribution in [0.15, 0.2) is 23.2 Å². The van der Waals surface area contributed by atoms with E-state index in [0.717, 1.165) is 5.56 Å². The van der Waals surface area contributed by atoms with Crippen LogP contribution in [0.25, 0.3) is 0 Å². The molecule has 1 aromatic rings. The first-order valence-corrected chi connectivity index (χ1v) is 8.03. The molecule has 24 heavy (non-hydrogen) atoms. The number of guanidine groups is 1. The largest absolute Gasteiger partial charge is 0.493 e. The summed E-state index contributed by atoms with van der Waals surface area (Å²) < 4.78 is 10.8. The van der Waals surface area contributed by atoms with Crippen LogP contribution in [-0.2, 0) is 11.3 Å². The zero-order chi connectivity index (χ0) is 17.9. The van der Waals surface area contributed by atoms with E-state index >= 15 is 0 Å². The first kappa shape index (κ1) is 19.6. The highest BCUT2D eigenvalue weighted by atomic mass is 16.5. The van der Waals surface area contributed by atoms with Crippen molar-refractivity contribution in [2.24, 2.45) is 4.99 Å². The van der Waals surface area contributed by atoms with Crippen molar-refractivity contribution >= 4 is 11.9 Å². The van der Waals surface area contributed by atoms with Gasteiger partial charge in [-0.3, -0.25) is 4.79 Å². The summed E-state index contributed by atoms with van der Waals surface area (Å²) in [5, 5.41) is 6.14. The van der Waals surface area contributed by atoms with Gasteiger partial charge in [-0.2, -0.15) is 0 Å². The summed E-state index contributed by atoms with van der Waals surface area (Å²) in [6.07, 6.45) is 0. The van der Waals surface area contributed by atoms with Crippen molar-refractivity contribution in [3.63, 3.8) is 0 Å². The van der Waals surface area contributed by atoms with Crippen LogP contribution in [0, 0.1) is 0 Å². The fourth-order valence-corrected chi connectivity index (χ4v) is 1.91. The molecule has 0 spiro atoms. The molecule has 0 bridgehead atoms. The quantitative estimate of drug-likeness (QED) is 0.552. The second kappa shape index (κ2) is 10.4. The fraction of sp³-hybridized carbons (Fsp3) is 0.529. The number of nitrogens with zero attached hydrogens (tertiary/aromatic N) is 2. The van der Waals surface area contributed by atoms with Gasteiger partial charge >= 0.3 is 0 Å². The zero-order valence-electron chi connectivity index (χ0n) is 15.2. The Morgan fingerprint density at radius 1 is 1.21 bits per heavy atom. The lowest BCUT2D eigenvalue weighted by molar-refractivity contribution is -0.127. The van der Waals surface area contributed by atoms with Crippen molar-refractivity contribution in [3.05, 3.63) is 23.8 Å². The van der Waals surface area contributed by atoms with Crippen LogP contribution < -0.4 is 20.1 Å². The van der Waals surface area contributed by atoms with Gasteiger partial charge in [0.05, 0.1) is 26.8 Å². The Bertz CT molecular complexity index is 559. The van der Waals surface area contributed by atoms with E-state index in [2.05, 4.69) is 15.6 Å². The van der Waals surface area contributed by atoms with E-state index in [4.69, 9.17) is 9.47 Å². The minimum absolute atomic E-state index is 0.0108. The van der Waals surface area contributed by atoms with Gasteiger partial charge < -0.3 is 25.0 Å². The lowest BCUT2D eigenvalue weighted by Gasteiger charge is -2.14. The third kappa shape index (κ3) is 6.36. The van der Waals surface area contributed by atoms with Gasteiger partial charge in [0.15, 0.2) is 17.5 Å². The van der Waals surface area contributed by atoms with E-state index in [0.29, 0.717) is 37.2 Å². The number of hydrogen-bond donors (Lipinski definition) is 2. The number of rotatable bonds is 8. The molecule has 0 atom stereocenters. The van der Waals surface area contributed by atoms with Gasteiger partial charge in [-0.05, 0) is 31.5 Å². The van der Waals surface area contributed by atoms with Gasteiger partial charge in [0, 0.05) is 20.6 Å². The first-order valence-electron chi connectivity index (χ1n) is 8.03. The number of ether oxygens (including phenoxy) is 2. The number of likely N-dealkylation sites (N-methyl/N-ethyl adjacent to an activating group) is 1. The number of carbonyl (C=O) groups excluding carboxylic acids is 1. The molecule has 1 rings (SSSR count). The summed E-state index contributed by atoms with van der Waals surface area (Å²) in [5.74, 6) is 1.99. The van der Waals surface area contributed by atoms with E-state index in [1.54, 1.807) is 21.2 Å². The van der Waals surface area contributed by atoms with Gasteiger partial charge in [0.25, 0.3) is 0 Å². The molecule has 0 aliphatic heterocycles. The molecule has 0 saturated carbocycles. The minimum atomic E-state index is -0.0108. The van der Waals surface area contributed by atoms with Crippen molar-refractivity contribution in [3.8, 4) is 11.5 Å². The monoisotopic (exact) mass is 336 g/mol. The molecule has 0 unspecified atom stereocenters. The maximum absolute atomic E-state index is 11.7. The van der Waals surface area contributed by atoms with Gasteiger partial charge in [0.2, 0.25) is 5.91 Å². The molecule has 2 N–H and O–H groups in total. The van der Waals surface area contributed by atoms with Crippen molar-refractivity contribution in [1.29, 1.82) is 0 Å². The van der Waals surface area contributed by atoms with Crippen LogP contribution in [0.3, 0.4) is 0 Å². The molecule has 1 aromatic carbocycles. The molecule has 7 heteroatoms. The van der Waals surface area contributed by atoms with Crippen molar-refractivity contribution in [1.82, 2.24) is 15.5 Å². The molecule has 0 aliphatic carbocycles. The number of carbonyl (C=O) groups is 1. The van der Waals surface area contributed by atoms with Gasteiger partial charge in [-0.15, -0.1) is 0 Å². The molecule has 0 aliphatic rings. The van der Waals surface area contributed by atoms with E-state index in [1.807, 2.05) is 32.0 Å². The average Bonchev–Trinajstić information content (AvgIpc) is 2.58. The average molecular weight is 336 g/mol. The second-order valence-electron chi connectivity index (χ2n) is 5.26. The molecule has 7 nitrogen and oxygen atoms in total. The SMILES string of the molecule is CCNC(=NCc1ccc(OCC)c(OC)c1)NCC(=O)N(C)C. The minimum Gasteiger partial charge on any atom is -0.493 e. The summed E-state index contributed by atoms with van der Waals surface area (Å²) in [5.41, 5.74) is 0.992. The van der Waals surface area contributed by atoms with Crippen molar-refractivity contribution < 1.29 is 14.3 Å². The van der Waals surface area contributed by atoms with Crippen LogP contribution >= 0.6 is 0 Å². The van der Waals surface area contributed by atoms with Crippen LogP contribution in [0.2, 0.25) is 0 Å². The smallest absolute Gasteiger partial charge is 0.241 e. The molecular formula is C17H28N4O3. The predicted molar refractivity (Wildman–Crippen MR) is 95.7 cm³/mol. The van der Waals surface area contributed by atoms with E-state index in [1.165, 1.54) is 4.90 Å². The van der Waals surface area contributed by atoms with E-state index in [9.17, 15) is 4.79 Å². The standard InChI is InChI=1S/C17H28N4O3/c1-6-18-17(20-12-16(22)21(3)4)19-11-13-8-9-14(24-7-2)15(10-13)23-5/h8-10H,6-7,11-12H2,1-5H3,(H2,18,19,20). The number of methoxy groups -OCH3 is 1. The molecule has 1 amide bonds. The third-order valence-corrected chi connectivity index (χ3v) is 3.20. The summed E-state index contributed by atoms with van der Waals surface area (Å²) in [6.45, 7) is 5.88. The molecule has 0 fully saturated rings. The fourth-order valence-electron chi connectivity index (χ4n) is 1.91. The normalized spacial score (nSPS) is 11.0. The summed E-state index contributed by atoms with van der Waals surface area (Å²) >= 11 is 0. The maximum Gasteiger partial charge on any atom is 0.241 e. The Balaban J connectivity index is 2.76. The van der Waals surface area contributed by atoms with Gasteiger partial charge in [-0.25, -0.2) is 4.99 Å². The number of amides is 1. The number of nitrogens with one attached hydrogen (secondary N) is 2. The van der Waals surface area contributed by atoms with Crippen LogP contribution in [0.1, 0.15) is 19.4 Å². The van der Waals surface area contributed by atoms with E-state index in [-0.39, 0.29) is 12.5 Å². The number of benzene rings is 1. The number of hydrogen-bond acceptors (Lipinski definition) is 4. The Hall–Kier alpha value is -2.44. The van der Waals surface area contributed by atoms with Gasteiger partial charge in [-0.1, -0.05) is 6.07 Å². The van der Waals surface area contributed by atoms with Crippen molar-refractivity contribution in [2.75, 3.05) is 40.9 Å². The highest BCUT2D eigenvalue weighted by Gasteiger charge is 2.07.